The maximum absolute atomic E-state index is 12.5. The Morgan fingerprint density at radius 1 is 1.21 bits per heavy atom. The molecule has 0 spiro atoms. The maximum Gasteiger partial charge on any atom is 0.247 e. The number of aromatic nitrogens is 2. The fourth-order valence-electron chi connectivity index (χ4n) is 4.03. The van der Waals surface area contributed by atoms with Crippen LogP contribution in [0.5, 0.6) is 0 Å². The molecule has 1 atom stereocenters. The van der Waals surface area contributed by atoms with Crippen LogP contribution in [0.4, 0.5) is 0 Å². The SMILES string of the molecule is Cc1cc2c(o1)CC(C)(C)CC2NC(=O)CCCc1nnc(-c2ccccc2)o1. The van der Waals surface area contributed by atoms with Crippen LogP contribution in [0.2, 0.25) is 0 Å². The van der Waals surface area contributed by atoms with E-state index in [1.807, 2.05) is 37.3 Å². The second kappa shape index (κ2) is 7.85. The molecule has 2 heterocycles. The molecule has 1 aromatic carbocycles. The standard InChI is InChI=1S/C23H27N3O3/c1-15-12-17-18(13-23(2,3)14-19(17)28-15)24-20(27)10-7-11-21-25-26-22(29-21)16-8-5-4-6-9-16/h4-6,8-9,12,18H,7,10-11,13-14H2,1-3H3,(H,24,27). The molecule has 0 bridgehead atoms. The zero-order valence-corrected chi connectivity index (χ0v) is 17.2. The Labute approximate surface area is 170 Å². The Bertz CT molecular complexity index is 988. The number of nitrogens with zero attached hydrogens (tertiary/aromatic N) is 2. The van der Waals surface area contributed by atoms with Gasteiger partial charge in [-0.2, -0.15) is 0 Å². The first-order valence-electron chi connectivity index (χ1n) is 10.2. The lowest BCUT2D eigenvalue weighted by Gasteiger charge is -2.34. The predicted molar refractivity (Wildman–Crippen MR) is 109 cm³/mol. The first-order valence-corrected chi connectivity index (χ1v) is 10.2. The van der Waals surface area contributed by atoms with Crippen molar-refractivity contribution in [2.24, 2.45) is 5.41 Å². The Hall–Kier alpha value is -2.89. The van der Waals surface area contributed by atoms with E-state index in [0.29, 0.717) is 31.0 Å². The first-order chi connectivity index (χ1) is 13.9. The van der Waals surface area contributed by atoms with Crippen LogP contribution in [0.1, 0.15) is 62.1 Å². The molecule has 4 rings (SSSR count). The molecule has 1 aliphatic rings. The number of nitrogens with one attached hydrogen (secondary N) is 1. The van der Waals surface area contributed by atoms with E-state index >= 15 is 0 Å². The molecule has 0 aliphatic heterocycles. The molecule has 6 heteroatoms. The minimum absolute atomic E-state index is 0.00628. The fraction of sp³-hybridized carbons (Fsp3) is 0.435. The van der Waals surface area contributed by atoms with Crippen LogP contribution in [0.25, 0.3) is 11.5 Å². The lowest BCUT2D eigenvalue weighted by atomic mass is 9.74. The zero-order valence-electron chi connectivity index (χ0n) is 17.2. The molecule has 3 aromatic rings. The van der Waals surface area contributed by atoms with Crippen LogP contribution < -0.4 is 5.32 Å². The molecule has 1 aliphatic carbocycles. The minimum atomic E-state index is 0.00628. The van der Waals surface area contributed by atoms with Gasteiger partial charge in [-0.15, -0.1) is 10.2 Å². The maximum atomic E-state index is 12.5. The largest absolute Gasteiger partial charge is 0.466 e. The summed E-state index contributed by atoms with van der Waals surface area (Å²) in [6.45, 7) is 6.39. The summed E-state index contributed by atoms with van der Waals surface area (Å²) in [6.07, 6.45) is 3.49. The summed E-state index contributed by atoms with van der Waals surface area (Å²) in [7, 11) is 0. The number of carbonyl (C=O) groups excluding carboxylic acids is 1. The van der Waals surface area contributed by atoms with Gasteiger partial charge in [-0.05, 0) is 43.4 Å². The average Bonchev–Trinajstić information content (AvgIpc) is 3.28. The van der Waals surface area contributed by atoms with Crippen LogP contribution in [0.15, 0.2) is 45.2 Å². The molecule has 2 aromatic heterocycles. The lowest BCUT2D eigenvalue weighted by Crippen LogP contribution is -2.35. The van der Waals surface area contributed by atoms with E-state index in [-0.39, 0.29) is 17.4 Å². The Morgan fingerprint density at radius 3 is 2.79 bits per heavy atom. The topological polar surface area (TPSA) is 81.2 Å². The number of carbonyl (C=O) groups is 1. The molecule has 152 valence electrons. The summed E-state index contributed by atoms with van der Waals surface area (Å²) in [5, 5.41) is 11.4. The third-order valence-corrected chi connectivity index (χ3v) is 5.35. The van der Waals surface area contributed by atoms with Gasteiger partial charge >= 0.3 is 0 Å². The van der Waals surface area contributed by atoms with Gasteiger partial charge in [0.1, 0.15) is 11.5 Å². The third-order valence-electron chi connectivity index (χ3n) is 5.35. The second-order valence-corrected chi connectivity index (χ2v) is 8.62. The fourth-order valence-corrected chi connectivity index (χ4v) is 4.03. The van der Waals surface area contributed by atoms with Crippen molar-refractivity contribution in [3.05, 3.63) is 59.4 Å². The smallest absolute Gasteiger partial charge is 0.247 e. The van der Waals surface area contributed by atoms with Crippen molar-refractivity contribution in [3.63, 3.8) is 0 Å². The molecule has 0 saturated carbocycles. The van der Waals surface area contributed by atoms with Gasteiger partial charge in [0.25, 0.3) is 0 Å². The van der Waals surface area contributed by atoms with Gasteiger partial charge in [0.2, 0.25) is 17.7 Å². The molecule has 6 nitrogen and oxygen atoms in total. The summed E-state index contributed by atoms with van der Waals surface area (Å²) in [5.41, 5.74) is 2.13. The number of amides is 1. The number of fused-ring (bicyclic) bond motifs is 1. The van der Waals surface area contributed by atoms with Crippen LogP contribution in [0.3, 0.4) is 0 Å². The highest BCUT2D eigenvalue weighted by atomic mass is 16.4. The normalized spacial score (nSPS) is 17.7. The van der Waals surface area contributed by atoms with Crippen LogP contribution in [-0.4, -0.2) is 16.1 Å². The summed E-state index contributed by atoms with van der Waals surface area (Å²) in [4.78, 5) is 12.5. The van der Waals surface area contributed by atoms with E-state index < -0.39 is 0 Å². The second-order valence-electron chi connectivity index (χ2n) is 8.62. The molecule has 1 unspecified atom stereocenters. The number of benzene rings is 1. The molecular formula is C23H27N3O3. The van der Waals surface area contributed by atoms with E-state index in [4.69, 9.17) is 8.83 Å². The molecule has 1 N–H and O–H groups in total. The van der Waals surface area contributed by atoms with Crippen molar-refractivity contribution in [1.29, 1.82) is 0 Å². The molecule has 0 fully saturated rings. The Kier molecular flexibility index (Phi) is 5.26. The molecule has 29 heavy (non-hydrogen) atoms. The molecular weight excluding hydrogens is 366 g/mol. The van der Waals surface area contributed by atoms with Crippen molar-refractivity contribution in [1.82, 2.24) is 15.5 Å². The third kappa shape index (κ3) is 4.58. The van der Waals surface area contributed by atoms with Crippen molar-refractivity contribution in [2.45, 2.75) is 58.9 Å². The van der Waals surface area contributed by atoms with Crippen molar-refractivity contribution in [2.75, 3.05) is 0 Å². The quantitative estimate of drug-likeness (QED) is 0.651. The summed E-state index contributed by atoms with van der Waals surface area (Å²) < 4.78 is 11.6. The van der Waals surface area contributed by atoms with Crippen LogP contribution in [-0.2, 0) is 17.6 Å². The molecule has 0 saturated heterocycles. The van der Waals surface area contributed by atoms with Gasteiger partial charge in [-0.25, -0.2) is 0 Å². The highest BCUT2D eigenvalue weighted by molar-refractivity contribution is 5.76. The van der Waals surface area contributed by atoms with E-state index in [9.17, 15) is 4.79 Å². The first kappa shape index (κ1) is 19.4. The molecule has 1 amide bonds. The van der Waals surface area contributed by atoms with Gasteiger partial charge in [0, 0.05) is 30.4 Å². The van der Waals surface area contributed by atoms with Crippen molar-refractivity contribution >= 4 is 5.91 Å². The van der Waals surface area contributed by atoms with Crippen LogP contribution >= 0.6 is 0 Å². The van der Waals surface area contributed by atoms with Crippen molar-refractivity contribution in [3.8, 4) is 11.5 Å². The summed E-state index contributed by atoms with van der Waals surface area (Å²) in [6, 6.07) is 11.7. The summed E-state index contributed by atoms with van der Waals surface area (Å²) in [5.74, 6) is 3.02. The Balaban J connectivity index is 1.31. The highest BCUT2D eigenvalue weighted by Gasteiger charge is 2.35. The number of rotatable bonds is 6. The van der Waals surface area contributed by atoms with Gasteiger partial charge in [0.05, 0.1) is 6.04 Å². The summed E-state index contributed by atoms with van der Waals surface area (Å²) >= 11 is 0. The number of hydrogen-bond acceptors (Lipinski definition) is 5. The zero-order chi connectivity index (χ0) is 20.4. The van der Waals surface area contributed by atoms with E-state index in [2.05, 4.69) is 35.4 Å². The number of hydrogen-bond donors (Lipinski definition) is 1. The van der Waals surface area contributed by atoms with Gasteiger partial charge in [-0.1, -0.05) is 32.0 Å². The van der Waals surface area contributed by atoms with E-state index in [1.165, 1.54) is 0 Å². The lowest BCUT2D eigenvalue weighted by molar-refractivity contribution is -0.122. The minimum Gasteiger partial charge on any atom is -0.466 e. The molecule has 0 radical (unpaired) electrons. The number of furan rings is 1. The van der Waals surface area contributed by atoms with E-state index in [1.54, 1.807) is 0 Å². The highest BCUT2D eigenvalue weighted by Crippen LogP contribution is 2.42. The monoisotopic (exact) mass is 393 g/mol. The number of aryl methyl sites for hydroxylation is 2. The van der Waals surface area contributed by atoms with Gasteiger partial charge < -0.3 is 14.2 Å². The predicted octanol–water partition coefficient (Wildman–Crippen LogP) is 4.79. The van der Waals surface area contributed by atoms with E-state index in [0.717, 1.165) is 35.5 Å². The Morgan fingerprint density at radius 2 is 2.00 bits per heavy atom. The van der Waals surface area contributed by atoms with Gasteiger partial charge in [0.15, 0.2) is 0 Å². The van der Waals surface area contributed by atoms with Crippen molar-refractivity contribution < 1.29 is 13.6 Å². The van der Waals surface area contributed by atoms with Crippen LogP contribution in [0, 0.1) is 12.3 Å². The van der Waals surface area contributed by atoms with Gasteiger partial charge in [-0.3, -0.25) is 4.79 Å². The average molecular weight is 393 g/mol.